The zero-order chi connectivity index (χ0) is 24.4. The number of rotatable bonds is 6. The van der Waals surface area contributed by atoms with Gasteiger partial charge in [-0.1, -0.05) is 91.8 Å². The van der Waals surface area contributed by atoms with E-state index in [1.54, 1.807) is 0 Å². The Morgan fingerprint density at radius 1 is 1.09 bits per heavy atom. The summed E-state index contributed by atoms with van der Waals surface area (Å²) in [6, 6.07) is 16.6. The van der Waals surface area contributed by atoms with Crippen molar-refractivity contribution in [3.05, 3.63) is 60.2 Å². The summed E-state index contributed by atoms with van der Waals surface area (Å²) >= 11 is 16.7. The lowest BCUT2D eigenvalue weighted by molar-refractivity contribution is -0.146. The number of hydrogen-bond acceptors (Lipinski definition) is 4. The first-order valence-corrected chi connectivity index (χ1v) is 11.3. The average molecular weight is 510 g/mol. The van der Waals surface area contributed by atoms with E-state index in [1.807, 2.05) is 75.4 Å². The maximum absolute atomic E-state index is 12.5. The number of halogens is 3. The van der Waals surface area contributed by atoms with Gasteiger partial charge in [-0.05, 0) is 41.2 Å². The van der Waals surface area contributed by atoms with Gasteiger partial charge < -0.3 is 14.6 Å². The molecule has 2 aromatic rings. The number of alkyl halides is 3. The topological polar surface area (TPSA) is 72.8 Å². The maximum Gasteiger partial charge on any atom is 0.384 e. The molecule has 0 saturated heterocycles. The van der Waals surface area contributed by atoms with Crippen molar-refractivity contribution in [3.63, 3.8) is 0 Å². The molecule has 3 atom stereocenters. The van der Waals surface area contributed by atoms with E-state index < -0.39 is 45.0 Å². The fourth-order valence-electron chi connectivity index (χ4n) is 4.53. The van der Waals surface area contributed by atoms with Crippen molar-refractivity contribution in [3.8, 4) is 23.3 Å². The molecule has 5 nitrogen and oxygen atoms in total. The maximum atomic E-state index is 12.5. The molecule has 0 aromatic heterocycles. The van der Waals surface area contributed by atoms with Crippen molar-refractivity contribution >= 4 is 46.7 Å². The van der Waals surface area contributed by atoms with Crippen LogP contribution in [0.5, 0.6) is 11.5 Å². The number of benzene rings is 2. The molecule has 1 fully saturated rings. The van der Waals surface area contributed by atoms with Gasteiger partial charge in [0.05, 0.1) is 5.41 Å². The van der Waals surface area contributed by atoms with Crippen LogP contribution in [-0.4, -0.2) is 27.4 Å². The minimum absolute atomic E-state index is 0.416. The second-order valence-electron chi connectivity index (χ2n) is 8.50. The number of ether oxygens (including phenoxy) is 2. The van der Waals surface area contributed by atoms with Gasteiger partial charge in [-0.2, -0.15) is 0 Å². The highest BCUT2D eigenvalue weighted by molar-refractivity contribution is 6.67. The highest BCUT2D eigenvalue weighted by Gasteiger charge is 2.77. The third-order valence-corrected chi connectivity index (χ3v) is 6.55. The molecule has 0 bridgehead atoms. The van der Waals surface area contributed by atoms with Crippen LogP contribution in [0.2, 0.25) is 0 Å². The summed E-state index contributed by atoms with van der Waals surface area (Å²) in [5.74, 6) is 3.57. The smallest absolute Gasteiger partial charge is 0.384 e. The van der Waals surface area contributed by atoms with E-state index in [9.17, 15) is 14.7 Å². The zero-order valence-corrected chi connectivity index (χ0v) is 20.5. The molecule has 0 radical (unpaired) electrons. The molecule has 1 aliphatic carbocycles. The van der Waals surface area contributed by atoms with Gasteiger partial charge in [0.25, 0.3) is 0 Å². The standard InChI is InChI=1S/C25H23Cl3O5/c1-16(17-8-7-11-19(14-17)33-18-9-5-4-6-10-18)25(22(30)31)20(23(25,2)3)12-13-21(29)32-15-24(26,27)28/h4-11,14,16,20H,15H2,1-3H3,(H,30,31)/t16-,20+,25-/m0/s1. The van der Waals surface area contributed by atoms with E-state index in [1.165, 1.54) is 0 Å². The van der Waals surface area contributed by atoms with Crippen molar-refractivity contribution in [2.45, 2.75) is 30.5 Å². The molecule has 174 valence electrons. The molecule has 0 heterocycles. The number of para-hydroxylation sites is 1. The first-order chi connectivity index (χ1) is 15.4. The van der Waals surface area contributed by atoms with Crippen molar-refractivity contribution in [2.75, 3.05) is 6.61 Å². The minimum Gasteiger partial charge on any atom is -0.481 e. The molecule has 8 heteroatoms. The van der Waals surface area contributed by atoms with Gasteiger partial charge >= 0.3 is 11.9 Å². The van der Waals surface area contributed by atoms with Gasteiger partial charge in [-0.15, -0.1) is 0 Å². The van der Waals surface area contributed by atoms with E-state index in [4.69, 9.17) is 44.3 Å². The van der Waals surface area contributed by atoms with Gasteiger partial charge in [0.15, 0.2) is 0 Å². The first kappa shape index (κ1) is 25.2. The molecular weight excluding hydrogens is 487 g/mol. The predicted octanol–water partition coefficient (Wildman–Crippen LogP) is 6.23. The summed E-state index contributed by atoms with van der Waals surface area (Å²) in [7, 11) is 0. The van der Waals surface area contributed by atoms with Crippen molar-refractivity contribution in [1.82, 2.24) is 0 Å². The molecule has 3 rings (SSSR count). The molecule has 0 aliphatic heterocycles. The normalized spacial score (nSPS) is 21.8. The molecule has 1 aliphatic rings. The summed E-state index contributed by atoms with van der Waals surface area (Å²) in [4.78, 5) is 24.5. The second-order valence-corrected chi connectivity index (χ2v) is 11.0. The number of hydrogen-bond donors (Lipinski definition) is 1. The van der Waals surface area contributed by atoms with Crippen LogP contribution in [0.15, 0.2) is 54.6 Å². The number of esters is 1. The Morgan fingerprint density at radius 3 is 2.33 bits per heavy atom. The lowest BCUT2D eigenvalue weighted by Crippen LogP contribution is -2.28. The Hall–Kier alpha value is -2.39. The van der Waals surface area contributed by atoms with Crippen LogP contribution >= 0.6 is 34.8 Å². The van der Waals surface area contributed by atoms with Gasteiger partial charge in [0.2, 0.25) is 3.79 Å². The fourth-order valence-corrected chi connectivity index (χ4v) is 4.70. The van der Waals surface area contributed by atoms with Crippen molar-refractivity contribution in [2.24, 2.45) is 16.7 Å². The molecule has 0 spiro atoms. The first-order valence-electron chi connectivity index (χ1n) is 10.2. The zero-order valence-electron chi connectivity index (χ0n) is 18.3. The summed E-state index contributed by atoms with van der Waals surface area (Å²) in [5.41, 5.74) is -1.11. The van der Waals surface area contributed by atoms with Crippen LogP contribution < -0.4 is 4.74 Å². The van der Waals surface area contributed by atoms with Crippen LogP contribution in [0.25, 0.3) is 0 Å². The number of carbonyl (C=O) groups excluding carboxylic acids is 1. The van der Waals surface area contributed by atoms with E-state index in [-0.39, 0.29) is 0 Å². The van der Waals surface area contributed by atoms with Crippen molar-refractivity contribution < 1.29 is 24.2 Å². The van der Waals surface area contributed by atoms with E-state index in [2.05, 4.69) is 11.8 Å². The molecule has 0 amide bonds. The Bertz CT molecular complexity index is 1100. The third kappa shape index (κ3) is 5.24. The molecule has 1 saturated carbocycles. The fraction of sp³-hybridized carbons (Fsp3) is 0.360. The van der Waals surface area contributed by atoms with Gasteiger partial charge in [0.1, 0.15) is 18.1 Å². The van der Waals surface area contributed by atoms with Crippen LogP contribution in [0.3, 0.4) is 0 Å². The Balaban J connectivity index is 1.85. The lowest BCUT2D eigenvalue weighted by atomic mass is 9.79. The largest absolute Gasteiger partial charge is 0.481 e. The van der Waals surface area contributed by atoms with E-state index in [0.717, 1.165) is 5.56 Å². The quantitative estimate of drug-likeness (QED) is 0.216. The van der Waals surface area contributed by atoms with E-state index >= 15 is 0 Å². The summed E-state index contributed by atoms with van der Waals surface area (Å²) in [6.07, 6.45) is 0. The molecule has 1 N–H and O–H groups in total. The molecule has 2 aromatic carbocycles. The SMILES string of the molecule is C[C@@H](c1cccc(Oc2ccccc2)c1)[C@@]1(C(=O)O)[C@H](C#CC(=O)OCC(Cl)(Cl)Cl)C1(C)C. The van der Waals surface area contributed by atoms with Gasteiger partial charge in [0, 0.05) is 11.8 Å². The summed E-state index contributed by atoms with van der Waals surface area (Å²) < 4.78 is 8.98. The number of carboxylic acid groups (broad SMARTS) is 1. The Kier molecular flexibility index (Phi) is 7.24. The highest BCUT2D eigenvalue weighted by atomic mass is 35.6. The molecule has 0 unspecified atom stereocenters. The van der Waals surface area contributed by atoms with Crippen LogP contribution in [0.1, 0.15) is 32.3 Å². The monoisotopic (exact) mass is 508 g/mol. The lowest BCUT2D eigenvalue weighted by Gasteiger charge is -2.24. The number of carbonyl (C=O) groups is 2. The van der Waals surface area contributed by atoms with Crippen LogP contribution in [0, 0.1) is 28.6 Å². The number of aliphatic carboxylic acids is 1. The van der Waals surface area contributed by atoms with Crippen LogP contribution in [-0.2, 0) is 14.3 Å². The highest BCUT2D eigenvalue weighted by Crippen LogP contribution is 2.74. The Morgan fingerprint density at radius 2 is 1.73 bits per heavy atom. The summed E-state index contributed by atoms with van der Waals surface area (Å²) in [6.45, 7) is 5.05. The average Bonchev–Trinajstić information content (AvgIpc) is 3.26. The van der Waals surface area contributed by atoms with Gasteiger partial charge in [-0.25, -0.2) is 4.79 Å². The summed E-state index contributed by atoms with van der Waals surface area (Å²) in [5, 5.41) is 10.3. The number of carboxylic acids is 1. The molecule has 33 heavy (non-hydrogen) atoms. The minimum atomic E-state index is -1.75. The van der Waals surface area contributed by atoms with Crippen molar-refractivity contribution in [1.29, 1.82) is 0 Å². The predicted molar refractivity (Wildman–Crippen MR) is 128 cm³/mol. The Labute approximate surface area is 207 Å². The molecular formula is C25H23Cl3O5. The second kappa shape index (κ2) is 9.46. The van der Waals surface area contributed by atoms with E-state index in [0.29, 0.717) is 11.5 Å². The third-order valence-electron chi connectivity index (χ3n) is 6.22. The van der Waals surface area contributed by atoms with Crippen LogP contribution in [0.4, 0.5) is 0 Å². The van der Waals surface area contributed by atoms with Gasteiger partial charge in [-0.3, -0.25) is 4.79 Å².